The monoisotopic (exact) mass is 397 g/mol. The molecule has 0 saturated heterocycles. The summed E-state index contributed by atoms with van der Waals surface area (Å²) in [5, 5.41) is 11.2. The highest BCUT2D eigenvalue weighted by atomic mass is 32.2. The molecule has 7 nitrogen and oxygen atoms in total. The van der Waals surface area contributed by atoms with Gasteiger partial charge in [-0.25, -0.2) is 13.2 Å². The molecule has 0 bridgehead atoms. The standard InChI is InChI=1S/C20H15NO6S/c1-14-10-12-15(13-11-14)27-20(22)16-6-2-4-8-18(16)28(25,26)19-9-5-3-7-17(19)21(23)24/h2-13H,1H3. The fourth-order valence-electron chi connectivity index (χ4n) is 2.59. The molecule has 28 heavy (non-hydrogen) atoms. The molecule has 0 radical (unpaired) electrons. The number of carbonyl (C=O) groups is 1. The van der Waals surface area contributed by atoms with Crippen molar-refractivity contribution in [1.82, 2.24) is 0 Å². The van der Waals surface area contributed by atoms with Crippen molar-refractivity contribution in [3.63, 3.8) is 0 Å². The summed E-state index contributed by atoms with van der Waals surface area (Å²) < 4.78 is 31.4. The first kappa shape index (κ1) is 19.2. The van der Waals surface area contributed by atoms with E-state index in [0.717, 1.165) is 17.7 Å². The van der Waals surface area contributed by atoms with Crippen molar-refractivity contribution in [3.8, 4) is 5.75 Å². The van der Waals surface area contributed by atoms with Gasteiger partial charge in [0.05, 0.1) is 15.4 Å². The first-order valence-corrected chi connectivity index (χ1v) is 9.65. The van der Waals surface area contributed by atoms with Crippen LogP contribution in [0.2, 0.25) is 0 Å². The summed E-state index contributed by atoms with van der Waals surface area (Å²) in [6.45, 7) is 1.88. The smallest absolute Gasteiger partial charge is 0.344 e. The van der Waals surface area contributed by atoms with E-state index in [1.54, 1.807) is 24.3 Å². The van der Waals surface area contributed by atoms with Gasteiger partial charge in [-0.15, -0.1) is 0 Å². The van der Waals surface area contributed by atoms with Crippen molar-refractivity contribution in [3.05, 3.63) is 94.0 Å². The van der Waals surface area contributed by atoms with Gasteiger partial charge in [-0.2, -0.15) is 0 Å². The predicted molar refractivity (Wildman–Crippen MR) is 101 cm³/mol. The Morgan fingerprint density at radius 3 is 2.11 bits per heavy atom. The summed E-state index contributed by atoms with van der Waals surface area (Å²) in [5.74, 6) is -0.616. The molecule has 0 aliphatic heterocycles. The Morgan fingerprint density at radius 2 is 1.46 bits per heavy atom. The number of nitrogens with zero attached hydrogens (tertiary/aromatic N) is 1. The number of rotatable bonds is 5. The van der Waals surface area contributed by atoms with E-state index in [0.29, 0.717) is 0 Å². The van der Waals surface area contributed by atoms with E-state index >= 15 is 0 Å². The van der Waals surface area contributed by atoms with E-state index in [4.69, 9.17) is 4.74 Å². The maximum absolute atomic E-state index is 13.1. The minimum Gasteiger partial charge on any atom is -0.423 e. The Bertz CT molecular complexity index is 1150. The summed E-state index contributed by atoms with van der Waals surface area (Å²) in [6.07, 6.45) is 0. The quantitative estimate of drug-likeness (QED) is 0.279. The summed E-state index contributed by atoms with van der Waals surface area (Å²) >= 11 is 0. The second-order valence-electron chi connectivity index (χ2n) is 5.93. The second-order valence-corrected chi connectivity index (χ2v) is 7.81. The van der Waals surface area contributed by atoms with E-state index in [2.05, 4.69) is 0 Å². The number of aryl methyl sites for hydroxylation is 1. The van der Waals surface area contributed by atoms with Gasteiger partial charge in [0.2, 0.25) is 9.84 Å². The van der Waals surface area contributed by atoms with Gasteiger partial charge in [0.15, 0.2) is 0 Å². The Hall–Kier alpha value is -3.52. The van der Waals surface area contributed by atoms with Crippen molar-refractivity contribution < 1.29 is 22.9 Å². The zero-order valence-corrected chi connectivity index (χ0v) is 15.5. The molecule has 142 valence electrons. The summed E-state index contributed by atoms with van der Waals surface area (Å²) in [7, 11) is -4.33. The molecule has 0 atom stereocenters. The number of esters is 1. The first-order valence-electron chi connectivity index (χ1n) is 8.17. The van der Waals surface area contributed by atoms with Crippen LogP contribution in [0.3, 0.4) is 0 Å². The number of hydrogen-bond donors (Lipinski definition) is 0. The van der Waals surface area contributed by atoms with Crippen LogP contribution in [0.5, 0.6) is 5.75 Å². The normalized spacial score (nSPS) is 11.0. The Labute approximate surface area is 161 Å². The van der Waals surface area contributed by atoms with E-state index in [1.165, 1.54) is 36.4 Å². The van der Waals surface area contributed by atoms with Crippen LogP contribution in [-0.4, -0.2) is 19.3 Å². The molecule has 0 aliphatic carbocycles. The summed E-state index contributed by atoms with van der Waals surface area (Å²) in [6, 6.07) is 17.1. The molecule has 0 aliphatic rings. The van der Waals surface area contributed by atoms with Crippen LogP contribution in [0.4, 0.5) is 5.69 Å². The molecule has 0 spiro atoms. The molecule has 3 aromatic carbocycles. The van der Waals surface area contributed by atoms with Gasteiger partial charge in [-0.3, -0.25) is 10.1 Å². The van der Waals surface area contributed by atoms with Gasteiger partial charge in [0.1, 0.15) is 10.6 Å². The van der Waals surface area contributed by atoms with Gasteiger partial charge in [0, 0.05) is 6.07 Å². The Morgan fingerprint density at radius 1 is 0.893 bits per heavy atom. The SMILES string of the molecule is Cc1ccc(OC(=O)c2ccccc2S(=O)(=O)c2ccccc2[N+](=O)[O-])cc1. The lowest BCUT2D eigenvalue weighted by Crippen LogP contribution is -2.15. The molecule has 0 unspecified atom stereocenters. The van der Waals surface area contributed by atoms with Gasteiger partial charge in [-0.1, -0.05) is 42.0 Å². The lowest BCUT2D eigenvalue weighted by molar-refractivity contribution is -0.387. The van der Waals surface area contributed by atoms with Crippen LogP contribution in [0.15, 0.2) is 82.6 Å². The van der Waals surface area contributed by atoms with Crippen molar-refractivity contribution in [2.75, 3.05) is 0 Å². The number of nitro benzene ring substituents is 1. The highest BCUT2D eigenvalue weighted by molar-refractivity contribution is 7.91. The zero-order valence-electron chi connectivity index (χ0n) is 14.7. The molecule has 0 aromatic heterocycles. The molecule has 0 saturated carbocycles. The highest BCUT2D eigenvalue weighted by Gasteiger charge is 2.31. The fraction of sp³-hybridized carbons (Fsp3) is 0.0500. The fourth-order valence-corrected chi connectivity index (χ4v) is 4.20. The highest BCUT2D eigenvalue weighted by Crippen LogP contribution is 2.31. The van der Waals surface area contributed by atoms with Gasteiger partial charge in [-0.05, 0) is 37.3 Å². The molecular weight excluding hydrogens is 382 g/mol. The third-order valence-electron chi connectivity index (χ3n) is 3.98. The largest absolute Gasteiger partial charge is 0.423 e. The Balaban J connectivity index is 2.06. The summed E-state index contributed by atoms with van der Waals surface area (Å²) in [5.41, 5.74) is 0.199. The molecule has 3 rings (SSSR count). The number of carbonyl (C=O) groups excluding carboxylic acids is 1. The van der Waals surface area contributed by atoms with E-state index in [-0.39, 0.29) is 16.2 Å². The van der Waals surface area contributed by atoms with E-state index in [9.17, 15) is 23.3 Å². The van der Waals surface area contributed by atoms with Crippen LogP contribution in [0, 0.1) is 17.0 Å². The van der Waals surface area contributed by atoms with E-state index in [1.807, 2.05) is 6.92 Å². The van der Waals surface area contributed by atoms with E-state index < -0.39 is 31.3 Å². The van der Waals surface area contributed by atoms with Crippen LogP contribution >= 0.6 is 0 Å². The number of nitro groups is 1. The lowest BCUT2D eigenvalue weighted by Gasteiger charge is -2.11. The van der Waals surface area contributed by atoms with Gasteiger partial charge in [0.25, 0.3) is 5.69 Å². The average Bonchev–Trinajstić information content (AvgIpc) is 2.69. The lowest BCUT2D eigenvalue weighted by atomic mass is 10.2. The van der Waals surface area contributed by atoms with Crippen LogP contribution in [0.25, 0.3) is 0 Å². The van der Waals surface area contributed by atoms with Crippen molar-refractivity contribution in [1.29, 1.82) is 0 Å². The topological polar surface area (TPSA) is 104 Å². The molecule has 3 aromatic rings. The summed E-state index contributed by atoms with van der Waals surface area (Å²) in [4.78, 5) is 22.2. The number of ether oxygens (including phenoxy) is 1. The zero-order chi connectivity index (χ0) is 20.3. The number of hydrogen-bond acceptors (Lipinski definition) is 6. The minimum absolute atomic E-state index is 0.207. The maximum Gasteiger partial charge on any atom is 0.344 e. The molecule has 0 fully saturated rings. The predicted octanol–water partition coefficient (Wildman–Crippen LogP) is 3.96. The molecule has 8 heteroatoms. The van der Waals surface area contributed by atoms with Crippen LogP contribution < -0.4 is 4.74 Å². The van der Waals surface area contributed by atoms with Gasteiger partial charge < -0.3 is 4.74 Å². The molecule has 0 amide bonds. The van der Waals surface area contributed by atoms with Crippen LogP contribution in [-0.2, 0) is 9.84 Å². The third-order valence-corrected chi connectivity index (χ3v) is 5.84. The van der Waals surface area contributed by atoms with Gasteiger partial charge >= 0.3 is 5.97 Å². The maximum atomic E-state index is 13.1. The van der Waals surface area contributed by atoms with Crippen molar-refractivity contribution in [2.24, 2.45) is 0 Å². The first-order chi connectivity index (χ1) is 13.3. The Kier molecular flexibility index (Phi) is 5.23. The van der Waals surface area contributed by atoms with Crippen molar-refractivity contribution >= 4 is 21.5 Å². The number of para-hydroxylation sites is 1. The average molecular weight is 397 g/mol. The number of sulfone groups is 1. The third kappa shape index (κ3) is 3.77. The molecule has 0 heterocycles. The minimum atomic E-state index is -4.33. The van der Waals surface area contributed by atoms with Crippen LogP contribution in [0.1, 0.15) is 15.9 Å². The van der Waals surface area contributed by atoms with Crippen molar-refractivity contribution in [2.45, 2.75) is 16.7 Å². The molecular formula is C20H15NO6S. The second kappa shape index (κ2) is 7.61. The molecule has 0 N–H and O–H groups in total. The number of benzene rings is 3.